The second-order valence-corrected chi connectivity index (χ2v) is 7.06. The Morgan fingerprint density at radius 3 is 2.50 bits per heavy atom. The first kappa shape index (κ1) is 20.1. The zero-order valence-electron chi connectivity index (χ0n) is 16.4. The molecule has 0 radical (unpaired) electrons. The van der Waals surface area contributed by atoms with E-state index < -0.39 is 0 Å². The Labute approximate surface area is 166 Å². The molecule has 0 unspecified atom stereocenters. The molecular weight excluding hydrogens is 357 g/mol. The van der Waals surface area contributed by atoms with Gasteiger partial charge in [0.25, 0.3) is 5.91 Å². The van der Waals surface area contributed by atoms with E-state index in [9.17, 15) is 9.18 Å². The van der Waals surface area contributed by atoms with Crippen molar-refractivity contribution in [1.29, 1.82) is 0 Å². The van der Waals surface area contributed by atoms with Crippen LogP contribution in [0.4, 0.5) is 10.1 Å². The van der Waals surface area contributed by atoms with Crippen LogP contribution in [0.1, 0.15) is 12.0 Å². The van der Waals surface area contributed by atoms with Crippen LogP contribution in [-0.2, 0) is 4.79 Å². The first-order chi connectivity index (χ1) is 13.6. The predicted molar refractivity (Wildman–Crippen MR) is 109 cm³/mol. The number of piperazine rings is 1. The second-order valence-electron chi connectivity index (χ2n) is 7.06. The Morgan fingerprint density at radius 1 is 1.07 bits per heavy atom. The standard InChI is InChI=1S/C22H28FN3O2/c1-18-5-2-3-6-21(18)28-17-22(27)24-11-4-12-25-13-15-26(16-14-25)20-9-7-19(23)8-10-20/h2-3,5-10H,4,11-17H2,1H3,(H,24,27). The number of hydrogen-bond acceptors (Lipinski definition) is 4. The molecule has 1 saturated heterocycles. The number of nitrogens with zero attached hydrogens (tertiary/aromatic N) is 2. The molecule has 1 N–H and O–H groups in total. The number of nitrogens with one attached hydrogen (secondary N) is 1. The van der Waals surface area contributed by atoms with Gasteiger partial charge in [0.15, 0.2) is 6.61 Å². The molecule has 1 fully saturated rings. The van der Waals surface area contributed by atoms with Gasteiger partial charge in [-0.3, -0.25) is 9.69 Å². The average Bonchev–Trinajstić information content (AvgIpc) is 2.72. The molecule has 5 nitrogen and oxygen atoms in total. The third-order valence-electron chi connectivity index (χ3n) is 4.99. The summed E-state index contributed by atoms with van der Waals surface area (Å²) in [6.45, 7) is 7.42. The number of carbonyl (C=O) groups excluding carboxylic acids is 1. The van der Waals surface area contributed by atoms with Gasteiger partial charge in [-0.1, -0.05) is 18.2 Å². The number of ether oxygens (including phenoxy) is 1. The van der Waals surface area contributed by atoms with Crippen molar-refractivity contribution in [3.8, 4) is 5.75 Å². The summed E-state index contributed by atoms with van der Waals surface area (Å²) < 4.78 is 18.6. The van der Waals surface area contributed by atoms with Gasteiger partial charge in [0, 0.05) is 38.4 Å². The third-order valence-corrected chi connectivity index (χ3v) is 4.99. The maximum absolute atomic E-state index is 13.0. The molecule has 1 aliphatic heterocycles. The first-order valence-electron chi connectivity index (χ1n) is 9.80. The minimum absolute atomic E-state index is 0.0429. The molecule has 2 aromatic carbocycles. The van der Waals surface area contributed by atoms with E-state index in [0.717, 1.165) is 56.1 Å². The van der Waals surface area contributed by atoms with Crippen LogP contribution in [0.2, 0.25) is 0 Å². The first-order valence-corrected chi connectivity index (χ1v) is 9.80. The molecule has 0 spiro atoms. The van der Waals surface area contributed by atoms with Crippen molar-refractivity contribution in [2.45, 2.75) is 13.3 Å². The second kappa shape index (κ2) is 10.1. The lowest BCUT2D eigenvalue weighted by Crippen LogP contribution is -2.47. The van der Waals surface area contributed by atoms with Gasteiger partial charge in [0.05, 0.1) is 0 Å². The van der Waals surface area contributed by atoms with Gasteiger partial charge >= 0.3 is 0 Å². The molecule has 3 rings (SSSR count). The number of benzene rings is 2. The largest absolute Gasteiger partial charge is 0.484 e. The molecule has 0 atom stereocenters. The molecule has 0 saturated carbocycles. The molecule has 1 aliphatic rings. The van der Waals surface area contributed by atoms with E-state index in [1.807, 2.05) is 43.3 Å². The van der Waals surface area contributed by atoms with Crippen LogP contribution in [0.5, 0.6) is 5.75 Å². The van der Waals surface area contributed by atoms with Crippen LogP contribution in [0, 0.1) is 12.7 Å². The van der Waals surface area contributed by atoms with Gasteiger partial charge in [-0.15, -0.1) is 0 Å². The molecule has 0 bridgehead atoms. The fourth-order valence-corrected chi connectivity index (χ4v) is 3.32. The normalized spacial score (nSPS) is 14.7. The molecule has 150 valence electrons. The quantitative estimate of drug-likeness (QED) is 0.710. The molecular formula is C22H28FN3O2. The van der Waals surface area contributed by atoms with E-state index in [0.29, 0.717) is 6.54 Å². The van der Waals surface area contributed by atoms with Crippen LogP contribution in [0.15, 0.2) is 48.5 Å². The highest BCUT2D eigenvalue weighted by molar-refractivity contribution is 5.77. The number of para-hydroxylation sites is 1. The van der Waals surface area contributed by atoms with Crippen molar-refractivity contribution in [1.82, 2.24) is 10.2 Å². The average molecular weight is 385 g/mol. The van der Waals surface area contributed by atoms with Crippen LogP contribution in [-0.4, -0.2) is 56.7 Å². The van der Waals surface area contributed by atoms with Crippen molar-refractivity contribution in [3.05, 3.63) is 59.9 Å². The zero-order valence-corrected chi connectivity index (χ0v) is 16.4. The van der Waals surface area contributed by atoms with Crippen molar-refractivity contribution in [3.63, 3.8) is 0 Å². The number of hydrogen-bond donors (Lipinski definition) is 1. The number of amides is 1. The van der Waals surface area contributed by atoms with E-state index in [2.05, 4.69) is 15.1 Å². The van der Waals surface area contributed by atoms with E-state index in [4.69, 9.17) is 4.74 Å². The zero-order chi connectivity index (χ0) is 19.8. The molecule has 1 heterocycles. The van der Waals surface area contributed by atoms with Crippen molar-refractivity contribution in [2.75, 3.05) is 50.8 Å². The van der Waals surface area contributed by atoms with Gasteiger partial charge in [-0.05, 0) is 55.8 Å². The van der Waals surface area contributed by atoms with Crippen molar-refractivity contribution >= 4 is 11.6 Å². The van der Waals surface area contributed by atoms with E-state index in [1.165, 1.54) is 12.1 Å². The van der Waals surface area contributed by atoms with Gasteiger partial charge in [-0.2, -0.15) is 0 Å². The fourth-order valence-electron chi connectivity index (χ4n) is 3.32. The van der Waals surface area contributed by atoms with Crippen molar-refractivity contribution < 1.29 is 13.9 Å². The summed E-state index contributed by atoms with van der Waals surface area (Å²) in [6, 6.07) is 14.4. The predicted octanol–water partition coefficient (Wildman–Crippen LogP) is 2.84. The summed E-state index contributed by atoms with van der Waals surface area (Å²) in [7, 11) is 0. The van der Waals surface area contributed by atoms with Crippen LogP contribution < -0.4 is 15.0 Å². The number of anilines is 1. The summed E-state index contributed by atoms with van der Waals surface area (Å²) in [4.78, 5) is 16.6. The molecule has 0 aliphatic carbocycles. The maximum atomic E-state index is 13.0. The summed E-state index contributed by atoms with van der Waals surface area (Å²) in [6.07, 6.45) is 0.909. The summed E-state index contributed by atoms with van der Waals surface area (Å²) in [5.41, 5.74) is 2.09. The molecule has 0 aromatic heterocycles. The van der Waals surface area contributed by atoms with Crippen LogP contribution in [0.3, 0.4) is 0 Å². The molecule has 1 amide bonds. The Kier molecular flexibility index (Phi) is 7.25. The van der Waals surface area contributed by atoms with E-state index in [-0.39, 0.29) is 18.3 Å². The Bertz CT molecular complexity index is 759. The molecule has 6 heteroatoms. The summed E-state index contributed by atoms with van der Waals surface area (Å²) in [5.74, 6) is 0.454. The maximum Gasteiger partial charge on any atom is 0.257 e. The number of aryl methyl sites for hydroxylation is 1. The minimum atomic E-state index is -0.200. The SMILES string of the molecule is Cc1ccccc1OCC(=O)NCCCN1CCN(c2ccc(F)cc2)CC1. The monoisotopic (exact) mass is 385 g/mol. The highest BCUT2D eigenvalue weighted by Crippen LogP contribution is 2.17. The Morgan fingerprint density at radius 2 is 1.79 bits per heavy atom. The Balaban J connectivity index is 1.28. The number of carbonyl (C=O) groups is 1. The van der Waals surface area contributed by atoms with Gasteiger partial charge in [-0.25, -0.2) is 4.39 Å². The Hall–Kier alpha value is -2.60. The van der Waals surface area contributed by atoms with Crippen LogP contribution in [0.25, 0.3) is 0 Å². The topological polar surface area (TPSA) is 44.8 Å². The third kappa shape index (κ3) is 5.96. The van der Waals surface area contributed by atoms with Gasteiger partial charge in [0.1, 0.15) is 11.6 Å². The lowest BCUT2D eigenvalue weighted by Gasteiger charge is -2.36. The number of halogens is 1. The highest BCUT2D eigenvalue weighted by Gasteiger charge is 2.16. The fraction of sp³-hybridized carbons (Fsp3) is 0.409. The minimum Gasteiger partial charge on any atom is -0.484 e. The summed E-state index contributed by atoms with van der Waals surface area (Å²) >= 11 is 0. The highest BCUT2D eigenvalue weighted by atomic mass is 19.1. The number of rotatable bonds is 8. The van der Waals surface area contributed by atoms with Crippen LogP contribution >= 0.6 is 0 Å². The van der Waals surface area contributed by atoms with Crippen molar-refractivity contribution in [2.24, 2.45) is 0 Å². The van der Waals surface area contributed by atoms with E-state index in [1.54, 1.807) is 0 Å². The lowest BCUT2D eigenvalue weighted by atomic mass is 10.2. The smallest absolute Gasteiger partial charge is 0.257 e. The molecule has 28 heavy (non-hydrogen) atoms. The van der Waals surface area contributed by atoms with Gasteiger partial charge < -0.3 is 15.0 Å². The summed E-state index contributed by atoms with van der Waals surface area (Å²) in [5, 5.41) is 2.92. The lowest BCUT2D eigenvalue weighted by molar-refractivity contribution is -0.123. The van der Waals surface area contributed by atoms with Gasteiger partial charge in [0.2, 0.25) is 0 Å². The van der Waals surface area contributed by atoms with E-state index >= 15 is 0 Å². The molecule has 2 aromatic rings.